The third-order valence-corrected chi connectivity index (χ3v) is 2.34. The number of rotatable bonds is 2. The van der Waals surface area contributed by atoms with Crippen LogP contribution in [0.15, 0.2) is 6.20 Å². The second-order valence-electron chi connectivity index (χ2n) is 3.72. The van der Waals surface area contributed by atoms with Gasteiger partial charge in [0, 0.05) is 0 Å². The lowest BCUT2D eigenvalue weighted by Crippen LogP contribution is -2.39. The fourth-order valence-corrected chi connectivity index (χ4v) is 1.43. The Labute approximate surface area is 96.3 Å². The van der Waals surface area contributed by atoms with E-state index in [4.69, 9.17) is 0 Å². The van der Waals surface area contributed by atoms with Crippen LogP contribution in [-0.2, 0) is 0 Å². The topological polar surface area (TPSA) is 128 Å². The van der Waals surface area contributed by atoms with E-state index >= 15 is 0 Å². The number of anilines is 1. The summed E-state index contributed by atoms with van der Waals surface area (Å²) in [6.07, 6.45) is -2.26. The molecule has 0 radical (unpaired) electrons. The van der Waals surface area contributed by atoms with Gasteiger partial charge in [-0.2, -0.15) is 0 Å². The van der Waals surface area contributed by atoms with Gasteiger partial charge in [0.1, 0.15) is 11.8 Å². The number of carbonyl (C=O) groups excluding carboxylic acids is 1. The lowest BCUT2D eigenvalue weighted by molar-refractivity contribution is 0.0269. The first kappa shape index (κ1) is 11.7. The molecule has 0 aromatic carbocycles. The summed E-state index contributed by atoms with van der Waals surface area (Å²) >= 11 is 0. The predicted octanol–water partition coefficient (Wildman–Crippen LogP) is -0.983. The normalized spacial score (nSPS) is 22.1. The Hall–Kier alpha value is -1.77. The number of amides is 2. The number of aliphatic hydroxyl groups is 3. The molecular formula is C9H12N4O4. The third-order valence-electron chi connectivity index (χ3n) is 2.34. The van der Waals surface area contributed by atoms with E-state index in [1.165, 1.54) is 13.1 Å². The molecule has 1 aromatic rings. The molecule has 92 valence electrons. The van der Waals surface area contributed by atoms with Crippen LogP contribution in [0.3, 0.4) is 0 Å². The smallest absolute Gasteiger partial charge is 0.322 e. The van der Waals surface area contributed by atoms with Crippen LogP contribution in [-0.4, -0.2) is 37.4 Å². The highest BCUT2D eigenvalue weighted by atomic mass is 16.3. The number of nitrogens with one attached hydrogen (secondary N) is 2. The summed E-state index contributed by atoms with van der Waals surface area (Å²) in [5.74, 6) is 0.128. The van der Waals surface area contributed by atoms with Gasteiger partial charge in [0.25, 0.3) is 0 Å². The fourth-order valence-electron chi connectivity index (χ4n) is 1.43. The molecule has 8 nitrogen and oxygen atoms in total. The zero-order chi connectivity index (χ0) is 12.6. The highest BCUT2D eigenvalue weighted by Gasteiger charge is 2.27. The van der Waals surface area contributed by atoms with Gasteiger partial charge in [-0.3, -0.25) is 5.32 Å². The molecule has 1 aromatic heterocycles. The Morgan fingerprint density at radius 2 is 2.18 bits per heavy atom. The molecule has 5 N–H and O–H groups in total. The van der Waals surface area contributed by atoms with Crippen molar-refractivity contribution in [2.24, 2.45) is 0 Å². The second kappa shape index (κ2) is 4.24. The van der Waals surface area contributed by atoms with Crippen molar-refractivity contribution in [1.82, 2.24) is 15.3 Å². The van der Waals surface area contributed by atoms with Gasteiger partial charge in [0.05, 0.1) is 18.0 Å². The molecule has 3 atom stereocenters. The molecular weight excluding hydrogens is 228 g/mol. The van der Waals surface area contributed by atoms with Gasteiger partial charge in [-0.05, 0) is 6.92 Å². The summed E-state index contributed by atoms with van der Waals surface area (Å²) in [6, 6.07) is -0.580. The SMILES string of the molecule is C[C@H](O)[C@H](O)c1cnc2c(n1)C(O)NC(=O)N2. The van der Waals surface area contributed by atoms with E-state index < -0.39 is 24.5 Å². The van der Waals surface area contributed by atoms with Crippen molar-refractivity contribution in [1.29, 1.82) is 0 Å². The van der Waals surface area contributed by atoms with Gasteiger partial charge in [0.2, 0.25) is 0 Å². The minimum atomic E-state index is -1.28. The quantitative estimate of drug-likeness (QED) is 0.452. The summed E-state index contributed by atoms with van der Waals surface area (Å²) in [7, 11) is 0. The fraction of sp³-hybridized carbons (Fsp3) is 0.444. The van der Waals surface area contributed by atoms with Crippen LogP contribution < -0.4 is 10.6 Å². The molecule has 0 fully saturated rings. The molecule has 0 saturated heterocycles. The summed E-state index contributed by atoms with van der Waals surface area (Å²) in [4.78, 5) is 18.8. The maximum atomic E-state index is 11.0. The lowest BCUT2D eigenvalue weighted by Gasteiger charge is -2.23. The monoisotopic (exact) mass is 240 g/mol. The van der Waals surface area contributed by atoms with Crippen molar-refractivity contribution in [2.75, 3.05) is 5.32 Å². The number of hydrogen-bond acceptors (Lipinski definition) is 6. The zero-order valence-corrected chi connectivity index (χ0v) is 8.95. The van der Waals surface area contributed by atoms with Crippen LogP contribution in [0.25, 0.3) is 0 Å². The minimum Gasteiger partial charge on any atom is -0.390 e. The Balaban J connectivity index is 2.37. The summed E-state index contributed by atoms with van der Waals surface area (Å²) in [6.45, 7) is 1.41. The number of aliphatic hydroxyl groups excluding tert-OH is 3. The lowest BCUT2D eigenvalue weighted by atomic mass is 10.1. The van der Waals surface area contributed by atoms with E-state index in [1.807, 2.05) is 0 Å². The number of hydrogen-bond donors (Lipinski definition) is 5. The number of carbonyl (C=O) groups is 1. The first-order chi connectivity index (χ1) is 7.99. The number of aromatic nitrogens is 2. The molecule has 1 aliphatic heterocycles. The molecule has 8 heteroatoms. The molecule has 2 amide bonds. The van der Waals surface area contributed by atoms with Crippen molar-refractivity contribution >= 4 is 11.8 Å². The Morgan fingerprint density at radius 1 is 1.47 bits per heavy atom. The van der Waals surface area contributed by atoms with Crippen LogP contribution in [0.2, 0.25) is 0 Å². The molecule has 0 spiro atoms. The number of nitrogens with zero attached hydrogens (tertiary/aromatic N) is 2. The van der Waals surface area contributed by atoms with Crippen LogP contribution in [0.4, 0.5) is 10.6 Å². The molecule has 17 heavy (non-hydrogen) atoms. The standard InChI is InChI=1S/C9H12N4O4/c1-3(14)6(15)4-2-10-7-5(11-4)8(16)13-9(17)12-7/h2-3,6,8,14-16H,1H3,(H2,10,12,13,17)/t3-,6-,8?/m0/s1. The van der Waals surface area contributed by atoms with E-state index in [1.54, 1.807) is 0 Å². The van der Waals surface area contributed by atoms with Crippen molar-refractivity contribution in [3.8, 4) is 0 Å². The van der Waals surface area contributed by atoms with Crippen molar-refractivity contribution in [2.45, 2.75) is 25.4 Å². The average molecular weight is 240 g/mol. The summed E-state index contributed by atoms with van der Waals surface area (Å²) in [5, 5.41) is 32.9. The van der Waals surface area contributed by atoms with Crippen LogP contribution in [0, 0.1) is 0 Å². The molecule has 0 bridgehead atoms. The van der Waals surface area contributed by atoms with Gasteiger partial charge in [-0.15, -0.1) is 0 Å². The van der Waals surface area contributed by atoms with E-state index in [-0.39, 0.29) is 17.2 Å². The first-order valence-corrected chi connectivity index (χ1v) is 4.97. The molecule has 2 rings (SSSR count). The van der Waals surface area contributed by atoms with Gasteiger partial charge in [-0.25, -0.2) is 14.8 Å². The highest BCUT2D eigenvalue weighted by molar-refractivity contribution is 5.91. The van der Waals surface area contributed by atoms with Gasteiger partial charge >= 0.3 is 6.03 Å². The number of urea groups is 1. The molecule has 0 saturated carbocycles. The predicted molar refractivity (Wildman–Crippen MR) is 55.8 cm³/mol. The Bertz CT molecular complexity index is 451. The second-order valence-corrected chi connectivity index (χ2v) is 3.72. The van der Waals surface area contributed by atoms with Crippen LogP contribution >= 0.6 is 0 Å². The zero-order valence-electron chi connectivity index (χ0n) is 8.95. The van der Waals surface area contributed by atoms with Crippen molar-refractivity contribution in [3.63, 3.8) is 0 Å². The highest BCUT2D eigenvalue weighted by Crippen LogP contribution is 2.23. The molecule has 1 unspecified atom stereocenters. The Morgan fingerprint density at radius 3 is 2.82 bits per heavy atom. The largest absolute Gasteiger partial charge is 0.390 e. The summed E-state index contributed by atoms with van der Waals surface area (Å²) in [5.41, 5.74) is 0.220. The molecule has 0 aliphatic carbocycles. The Kier molecular flexibility index (Phi) is 2.92. The van der Waals surface area contributed by atoms with E-state index in [2.05, 4.69) is 20.6 Å². The maximum Gasteiger partial charge on any atom is 0.322 e. The summed E-state index contributed by atoms with van der Waals surface area (Å²) < 4.78 is 0. The number of fused-ring (bicyclic) bond motifs is 1. The van der Waals surface area contributed by atoms with Crippen molar-refractivity contribution < 1.29 is 20.1 Å². The first-order valence-electron chi connectivity index (χ1n) is 4.97. The van der Waals surface area contributed by atoms with Crippen LogP contribution in [0.5, 0.6) is 0 Å². The maximum absolute atomic E-state index is 11.0. The minimum absolute atomic E-state index is 0.0989. The van der Waals surface area contributed by atoms with E-state index in [0.717, 1.165) is 0 Å². The van der Waals surface area contributed by atoms with Gasteiger partial charge < -0.3 is 20.6 Å². The molecule has 1 aliphatic rings. The van der Waals surface area contributed by atoms with E-state index in [0.29, 0.717) is 0 Å². The third kappa shape index (κ3) is 2.18. The van der Waals surface area contributed by atoms with Gasteiger partial charge in [0.15, 0.2) is 12.0 Å². The molecule has 2 heterocycles. The van der Waals surface area contributed by atoms with Crippen LogP contribution in [0.1, 0.15) is 30.6 Å². The van der Waals surface area contributed by atoms with E-state index in [9.17, 15) is 20.1 Å². The average Bonchev–Trinajstić information content (AvgIpc) is 2.27. The van der Waals surface area contributed by atoms with Crippen molar-refractivity contribution in [3.05, 3.63) is 17.6 Å². The van der Waals surface area contributed by atoms with Gasteiger partial charge in [-0.1, -0.05) is 0 Å².